The number of hydrogen-bond acceptors (Lipinski definition) is 3. The smallest absolute Gasteiger partial charge is 0.238 e. The number of rotatable bonds is 4. The Balaban J connectivity index is 2.18. The van der Waals surface area contributed by atoms with Gasteiger partial charge in [-0.2, -0.15) is 0 Å². The summed E-state index contributed by atoms with van der Waals surface area (Å²) in [5, 5.41) is 3.31. The summed E-state index contributed by atoms with van der Waals surface area (Å²) in [4.78, 5) is 16.5. The van der Waals surface area contributed by atoms with E-state index in [1.165, 1.54) is 9.75 Å². The predicted octanol–water partition coefficient (Wildman–Crippen LogP) is 2.68. The largest absolute Gasteiger partial charge is 0.318 e. The third-order valence-corrected chi connectivity index (χ3v) is 4.28. The Morgan fingerprint density at radius 2 is 2.35 bits per heavy atom. The summed E-state index contributed by atoms with van der Waals surface area (Å²) in [6.07, 6.45) is 2.26. The Morgan fingerprint density at radius 3 is 2.94 bits per heavy atom. The van der Waals surface area contributed by atoms with Crippen LogP contribution in [0.1, 0.15) is 42.6 Å². The van der Waals surface area contributed by atoms with Crippen molar-refractivity contribution < 1.29 is 4.79 Å². The Hall–Kier alpha value is -0.870. The van der Waals surface area contributed by atoms with Crippen LogP contribution in [0.4, 0.5) is 0 Å². The van der Waals surface area contributed by atoms with Crippen molar-refractivity contribution in [3.05, 3.63) is 21.9 Å². The van der Waals surface area contributed by atoms with Crippen molar-refractivity contribution in [1.29, 1.82) is 0 Å². The van der Waals surface area contributed by atoms with Crippen molar-refractivity contribution in [2.75, 3.05) is 6.54 Å². The van der Waals surface area contributed by atoms with Gasteiger partial charge >= 0.3 is 0 Å². The van der Waals surface area contributed by atoms with Crippen molar-refractivity contribution in [1.82, 2.24) is 10.2 Å². The van der Waals surface area contributed by atoms with E-state index >= 15 is 0 Å². The number of hydrogen-bond donors (Lipinski definition) is 1. The molecule has 1 saturated heterocycles. The van der Waals surface area contributed by atoms with Crippen molar-refractivity contribution in [3.63, 3.8) is 0 Å². The molecule has 1 aliphatic heterocycles. The number of carbonyl (C=O) groups excluding carboxylic acids is 1. The first-order valence-corrected chi connectivity index (χ1v) is 7.06. The average Bonchev–Trinajstić information content (AvgIpc) is 2.85. The highest BCUT2D eigenvalue weighted by molar-refractivity contribution is 7.12. The van der Waals surface area contributed by atoms with E-state index in [9.17, 15) is 4.79 Å². The molecule has 0 radical (unpaired) electrons. The minimum Gasteiger partial charge on any atom is -0.318 e. The van der Waals surface area contributed by atoms with Crippen LogP contribution in [0.25, 0.3) is 0 Å². The van der Waals surface area contributed by atoms with Crippen LogP contribution in [0.5, 0.6) is 0 Å². The molecule has 0 aromatic carbocycles. The molecule has 94 valence electrons. The molecule has 0 spiro atoms. The lowest BCUT2D eigenvalue weighted by Gasteiger charge is -2.29. The highest BCUT2D eigenvalue weighted by Crippen LogP contribution is 2.30. The Kier molecular flexibility index (Phi) is 3.84. The second-order valence-electron chi connectivity index (χ2n) is 4.67. The van der Waals surface area contributed by atoms with Crippen LogP contribution in [0, 0.1) is 6.92 Å². The van der Waals surface area contributed by atoms with E-state index < -0.39 is 0 Å². The van der Waals surface area contributed by atoms with E-state index in [0.717, 1.165) is 12.8 Å². The van der Waals surface area contributed by atoms with Gasteiger partial charge in [0.1, 0.15) is 6.17 Å². The molecule has 1 N–H and O–H groups in total. The first-order valence-electron chi connectivity index (χ1n) is 6.24. The molecular weight excluding hydrogens is 232 g/mol. The van der Waals surface area contributed by atoms with E-state index in [1.807, 2.05) is 4.90 Å². The monoisotopic (exact) mass is 252 g/mol. The summed E-state index contributed by atoms with van der Waals surface area (Å²) in [7, 11) is 0. The number of aryl methyl sites for hydroxylation is 1. The van der Waals surface area contributed by atoms with Gasteiger partial charge in [0.2, 0.25) is 5.91 Å². The first kappa shape index (κ1) is 12.6. The minimum absolute atomic E-state index is 0.0859. The first-order chi connectivity index (χ1) is 8.13. The summed E-state index contributed by atoms with van der Waals surface area (Å²) in [6.45, 7) is 6.87. The molecule has 4 heteroatoms. The number of carbonyl (C=O) groups is 1. The van der Waals surface area contributed by atoms with E-state index in [0.29, 0.717) is 12.6 Å². The quantitative estimate of drug-likeness (QED) is 0.893. The van der Waals surface area contributed by atoms with Crippen LogP contribution in [-0.4, -0.2) is 23.4 Å². The summed E-state index contributed by atoms with van der Waals surface area (Å²) >= 11 is 1.77. The molecule has 1 aromatic rings. The maximum absolute atomic E-state index is 11.9. The van der Waals surface area contributed by atoms with Gasteiger partial charge in [-0.25, -0.2) is 0 Å². The molecule has 0 bridgehead atoms. The van der Waals surface area contributed by atoms with Crippen LogP contribution in [0.15, 0.2) is 12.1 Å². The molecule has 2 rings (SSSR count). The fourth-order valence-electron chi connectivity index (χ4n) is 2.41. The van der Waals surface area contributed by atoms with E-state index in [1.54, 1.807) is 11.3 Å². The Labute approximate surface area is 107 Å². The van der Waals surface area contributed by atoms with Gasteiger partial charge in [-0.05, 0) is 32.4 Å². The third-order valence-electron chi connectivity index (χ3n) is 3.22. The van der Waals surface area contributed by atoms with Gasteiger partial charge in [0.15, 0.2) is 0 Å². The molecule has 17 heavy (non-hydrogen) atoms. The molecule has 2 unspecified atom stereocenters. The molecule has 0 aliphatic carbocycles. The Bertz CT molecular complexity index is 402. The molecule has 0 saturated carbocycles. The van der Waals surface area contributed by atoms with Crippen molar-refractivity contribution in [2.45, 2.75) is 45.8 Å². The zero-order valence-corrected chi connectivity index (χ0v) is 11.5. The minimum atomic E-state index is 0.0859. The van der Waals surface area contributed by atoms with Gasteiger partial charge in [-0.15, -0.1) is 11.3 Å². The number of thiophene rings is 1. The topological polar surface area (TPSA) is 32.3 Å². The van der Waals surface area contributed by atoms with Crippen molar-refractivity contribution in [2.24, 2.45) is 0 Å². The highest BCUT2D eigenvalue weighted by Gasteiger charge is 2.35. The van der Waals surface area contributed by atoms with Crippen molar-refractivity contribution in [3.8, 4) is 0 Å². The normalized spacial score (nSPS) is 22.2. The lowest BCUT2D eigenvalue weighted by Crippen LogP contribution is -2.37. The molecule has 2 heterocycles. The van der Waals surface area contributed by atoms with Crippen LogP contribution >= 0.6 is 11.3 Å². The van der Waals surface area contributed by atoms with Crippen molar-refractivity contribution >= 4 is 17.2 Å². The summed E-state index contributed by atoms with van der Waals surface area (Å²) in [5.74, 6) is 0.224. The average molecular weight is 252 g/mol. The second kappa shape index (κ2) is 5.19. The molecule has 2 atom stereocenters. The lowest BCUT2D eigenvalue weighted by atomic mass is 10.1. The van der Waals surface area contributed by atoms with Crippen LogP contribution < -0.4 is 5.32 Å². The number of amides is 1. The molecule has 1 aliphatic rings. The van der Waals surface area contributed by atoms with Crippen LogP contribution in [-0.2, 0) is 4.79 Å². The van der Waals surface area contributed by atoms with E-state index in [-0.39, 0.29) is 12.1 Å². The summed E-state index contributed by atoms with van der Waals surface area (Å²) in [5.41, 5.74) is 0. The fourth-order valence-corrected chi connectivity index (χ4v) is 3.37. The summed E-state index contributed by atoms with van der Waals surface area (Å²) in [6, 6.07) is 4.56. The van der Waals surface area contributed by atoms with Crippen LogP contribution in [0.2, 0.25) is 0 Å². The van der Waals surface area contributed by atoms with Crippen LogP contribution in [0.3, 0.4) is 0 Å². The molecule has 1 amide bonds. The fraction of sp³-hybridized carbons (Fsp3) is 0.615. The maximum atomic E-state index is 11.9. The van der Waals surface area contributed by atoms with Gasteiger partial charge in [-0.3, -0.25) is 10.1 Å². The number of nitrogens with one attached hydrogen (secondary N) is 1. The van der Waals surface area contributed by atoms with Gasteiger partial charge in [-0.1, -0.05) is 13.3 Å². The van der Waals surface area contributed by atoms with Gasteiger partial charge in [0, 0.05) is 15.8 Å². The highest BCUT2D eigenvalue weighted by atomic mass is 32.1. The Morgan fingerprint density at radius 1 is 1.59 bits per heavy atom. The van der Waals surface area contributed by atoms with Gasteiger partial charge in [0.05, 0.1) is 6.54 Å². The van der Waals surface area contributed by atoms with Gasteiger partial charge in [0.25, 0.3) is 0 Å². The lowest BCUT2D eigenvalue weighted by molar-refractivity contribution is -0.130. The second-order valence-corrected chi connectivity index (χ2v) is 5.99. The SMILES string of the molecule is CCCC(C)N1C(=O)CNC1c1ccc(C)s1. The van der Waals surface area contributed by atoms with E-state index in [2.05, 4.69) is 38.2 Å². The summed E-state index contributed by atoms with van der Waals surface area (Å²) < 4.78 is 0. The standard InChI is InChI=1S/C13H20N2OS/c1-4-5-9(2)15-12(16)8-14-13(15)11-7-6-10(3)17-11/h6-7,9,13-14H,4-5,8H2,1-3H3. The maximum Gasteiger partial charge on any atom is 0.238 e. The predicted molar refractivity (Wildman–Crippen MR) is 71.0 cm³/mol. The third kappa shape index (κ3) is 2.53. The molecule has 1 fully saturated rings. The number of nitrogens with zero attached hydrogens (tertiary/aromatic N) is 1. The zero-order chi connectivity index (χ0) is 12.4. The zero-order valence-electron chi connectivity index (χ0n) is 10.7. The van der Waals surface area contributed by atoms with E-state index in [4.69, 9.17) is 0 Å². The van der Waals surface area contributed by atoms with Gasteiger partial charge < -0.3 is 4.90 Å². The molecule has 3 nitrogen and oxygen atoms in total. The molecule has 1 aromatic heterocycles. The molecular formula is C13H20N2OS.